The van der Waals surface area contributed by atoms with Gasteiger partial charge in [0.05, 0.1) is 44.8 Å². The average Bonchev–Trinajstić information content (AvgIpc) is 2.79. The van der Waals surface area contributed by atoms with Crippen molar-refractivity contribution in [2.75, 3.05) is 32.8 Å². The molecule has 0 bridgehead atoms. The van der Waals surface area contributed by atoms with E-state index in [0.717, 1.165) is 0 Å². The van der Waals surface area contributed by atoms with Gasteiger partial charge in [-0.3, -0.25) is 4.79 Å². The number of nitrogens with one attached hydrogen (secondary N) is 1. The summed E-state index contributed by atoms with van der Waals surface area (Å²) in [6.45, 7) is 1.75. The Morgan fingerprint density at radius 3 is 2.33 bits per heavy atom. The molecule has 7 nitrogen and oxygen atoms in total. The van der Waals surface area contributed by atoms with Gasteiger partial charge < -0.3 is 19.5 Å². The zero-order chi connectivity index (χ0) is 18.0. The highest BCUT2D eigenvalue weighted by atomic mass is 32.2. The van der Waals surface area contributed by atoms with Crippen LogP contribution in [-0.4, -0.2) is 52.7 Å². The van der Waals surface area contributed by atoms with Crippen LogP contribution in [0.4, 0.5) is 0 Å². The number of sulfone groups is 1. The van der Waals surface area contributed by atoms with Gasteiger partial charge in [-0.2, -0.15) is 0 Å². The van der Waals surface area contributed by atoms with Gasteiger partial charge in [0.2, 0.25) is 11.7 Å². The van der Waals surface area contributed by atoms with E-state index in [0.29, 0.717) is 29.2 Å². The minimum atomic E-state index is -3.08. The van der Waals surface area contributed by atoms with E-state index in [2.05, 4.69) is 5.32 Å². The Morgan fingerprint density at radius 1 is 1.17 bits per heavy atom. The molecular weight excluding hydrogens is 334 g/mol. The van der Waals surface area contributed by atoms with Crippen molar-refractivity contribution in [2.24, 2.45) is 0 Å². The number of rotatable bonds is 6. The molecule has 1 aromatic rings. The normalized spacial score (nSPS) is 22.0. The summed E-state index contributed by atoms with van der Waals surface area (Å²) in [5.74, 6) is 1.15. The van der Waals surface area contributed by atoms with Crippen LogP contribution in [0.2, 0.25) is 0 Å². The van der Waals surface area contributed by atoms with Crippen LogP contribution in [0, 0.1) is 0 Å². The van der Waals surface area contributed by atoms with Crippen LogP contribution < -0.4 is 19.5 Å². The fraction of sp³-hybridized carbons (Fsp3) is 0.562. The number of hydrogen-bond donors (Lipinski definition) is 1. The summed E-state index contributed by atoms with van der Waals surface area (Å²) in [7, 11) is 1.42. The Kier molecular flexibility index (Phi) is 5.27. The second-order valence-corrected chi connectivity index (χ2v) is 8.31. The van der Waals surface area contributed by atoms with Gasteiger partial charge in [0.1, 0.15) is 0 Å². The minimum absolute atomic E-state index is 0.0329. The Morgan fingerprint density at radius 2 is 1.83 bits per heavy atom. The molecule has 1 aliphatic rings. The van der Waals surface area contributed by atoms with Gasteiger partial charge in [-0.05, 0) is 19.4 Å². The predicted molar refractivity (Wildman–Crippen MR) is 89.6 cm³/mol. The van der Waals surface area contributed by atoms with Gasteiger partial charge in [0.25, 0.3) is 0 Å². The zero-order valence-corrected chi connectivity index (χ0v) is 15.2. The number of carbonyl (C=O) groups is 1. The van der Waals surface area contributed by atoms with Crippen LogP contribution in [0.25, 0.3) is 0 Å². The first-order chi connectivity index (χ1) is 11.2. The first-order valence-electron chi connectivity index (χ1n) is 7.53. The van der Waals surface area contributed by atoms with Crippen molar-refractivity contribution in [3.05, 3.63) is 17.7 Å². The van der Waals surface area contributed by atoms with Crippen molar-refractivity contribution < 1.29 is 27.4 Å². The lowest BCUT2D eigenvalue weighted by atomic mass is 10.0. The SMILES string of the molecule is COc1ccc(CC(=O)N[C@@]2(C)CCS(=O)(=O)C2)c(OC)c1OC. The molecule has 1 atom stereocenters. The van der Waals surface area contributed by atoms with Crippen molar-refractivity contribution in [1.82, 2.24) is 5.32 Å². The van der Waals surface area contributed by atoms with E-state index in [-0.39, 0.29) is 23.8 Å². The maximum absolute atomic E-state index is 12.4. The van der Waals surface area contributed by atoms with Crippen molar-refractivity contribution in [2.45, 2.75) is 25.3 Å². The topological polar surface area (TPSA) is 90.9 Å². The lowest BCUT2D eigenvalue weighted by Gasteiger charge is -2.24. The molecule has 0 aromatic heterocycles. The third-order valence-corrected chi connectivity index (χ3v) is 5.98. The van der Waals surface area contributed by atoms with E-state index in [1.165, 1.54) is 21.3 Å². The summed E-state index contributed by atoms with van der Waals surface area (Å²) in [6, 6.07) is 3.43. The van der Waals surface area contributed by atoms with Crippen LogP contribution in [0.5, 0.6) is 17.2 Å². The summed E-state index contributed by atoms with van der Waals surface area (Å²) >= 11 is 0. The molecule has 1 aromatic carbocycles. The van der Waals surface area contributed by atoms with Crippen LogP contribution in [0.1, 0.15) is 18.9 Å². The minimum Gasteiger partial charge on any atom is -0.493 e. The summed E-state index contributed by atoms with van der Waals surface area (Å²) in [4.78, 5) is 12.4. The molecule has 2 rings (SSSR count). The average molecular weight is 357 g/mol. The molecule has 0 spiro atoms. The van der Waals surface area contributed by atoms with Gasteiger partial charge >= 0.3 is 0 Å². The molecule has 0 saturated carbocycles. The van der Waals surface area contributed by atoms with E-state index in [4.69, 9.17) is 14.2 Å². The van der Waals surface area contributed by atoms with E-state index < -0.39 is 15.4 Å². The highest BCUT2D eigenvalue weighted by Crippen LogP contribution is 2.40. The van der Waals surface area contributed by atoms with Crippen molar-refractivity contribution in [3.63, 3.8) is 0 Å². The molecule has 1 heterocycles. The van der Waals surface area contributed by atoms with Crippen LogP contribution in [-0.2, 0) is 21.1 Å². The molecule has 24 heavy (non-hydrogen) atoms. The van der Waals surface area contributed by atoms with Crippen LogP contribution >= 0.6 is 0 Å². The van der Waals surface area contributed by atoms with Crippen LogP contribution in [0.15, 0.2) is 12.1 Å². The molecule has 0 aliphatic carbocycles. The number of methoxy groups -OCH3 is 3. The molecule has 1 N–H and O–H groups in total. The lowest BCUT2D eigenvalue weighted by Crippen LogP contribution is -2.47. The summed E-state index contributed by atoms with van der Waals surface area (Å²) < 4.78 is 39.1. The summed E-state index contributed by atoms with van der Waals surface area (Å²) in [5.41, 5.74) is -0.0863. The van der Waals surface area contributed by atoms with Gasteiger partial charge in [0, 0.05) is 5.56 Å². The second-order valence-electron chi connectivity index (χ2n) is 6.12. The standard InChI is InChI=1S/C16H23NO6S/c1-16(7-8-24(19,20)10-16)17-13(18)9-11-5-6-12(21-2)15(23-4)14(11)22-3/h5-6H,7-10H2,1-4H3,(H,17,18)/t16-/m0/s1. The first-order valence-corrected chi connectivity index (χ1v) is 9.35. The quantitative estimate of drug-likeness (QED) is 0.815. The molecule has 1 fully saturated rings. The Bertz CT molecular complexity index is 730. The Balaban J connectivity index is 2.17. The molecule has 1 aliphatic heterocycles. The number of carbonyl (C=O) groups excluding carboxylic acids is 1. The van der Waals surface area contributed by atoms with E-state index in [1.807, 2.05) is 0 Å². The zero-order valence-electron chi connectivity index (χ0n) is 14.3. The number of ether oxygens (including phenoxy) is 3. The van der Waals surface area contributed by atoms with Crippen molar-refractivity contribution in [1.29, 1.82) is 0 Å². The number of hydrogen-bond acceptors (Lipinski definition) is 6. The van der Waals surface area contributed by atoms with Gasteiger partial charge in [-0.15, -0.1) is 0 Å². The maximum Gasteiger partial charge on any atom is 0.225 e. The number of amides is 1. The van der Waals surface area contributed by atoms with Crippen molar-refractivity contribution >= 4 is 15.7 Å². The maximum atomic E-state index is 12.4. The molecule has 1 amide bonds. The van der Waals surface area contributed by atoms with E-state index in [1.54, 1.807) is 19.1 Å². The fourth-order valence-electron chi connectivity index (χ4n) is 2.97. The predicted octanol–water partition coefficient (Wildman–Crippen LogP) is 0.948. The smallest absolute Gasteiger partial charge is 0.225 e. The van der Waals surface area contributed by atoms with Crippen LogP contribution in [0.3, 0.4) is 0 Å². The van der Waals surface area contributed by atoms with E-state index >= 15 is 0 Å². The van der Waals surface area contributed by atoms with Gasteiger partial charge in [-0.25, -0.2) is 8.42 Å². The first kappa shape index (κ1) is 18.4. The molecule has 1 saturated heterocycles. The van der Waals surface area contributed by atoms with Gasteiger partial charge in [0.15, 0.2) is 21.3 Å². The Hall–Kier alpha value is -1.96. The molecule has 0 radical (unpaired) electrons. The fourth-order valence-corrected chi connectivity index (χ4v) is 5.06. The molecule has 8 heteroatoms. The summed E-state index contributed by atoms with van der Waals surface area (Å²) in [5, 5.41) is 2.83. The van der Waals surface area contributed by atoms with Crippen molar-refractivity contribution in [3.8, 4) is 17.2 Å². The monoisotopic (exact) mass is 357 g/mol. The number of benzene rings is 1. The highest BCUT2D eigenvalue weighted by molar-refractivity contribution is 7.91. The Labute approximate surface area is 142 Å². The largest absolute Gasteiger partial charge is 0.493 e. The lowest BCUT2D eigenvalue weighted by molar-refractivity contribution is -0.121. The van der Waals surface area contributed by atoms with E-state index in [9.17, 15) is 13.2 Å². The molecule has 0 unspecified atom stereocenters. The van der Waals surface area contributed by atoms with Gasteiger partial charge in [-0.1, -0.05) is 6.07 Å². The highest BCUT2D eigenvalue weighted by Gasteiger charge is 2.39. The molecule has 134 valence electrons. The summed E-state index contributed by atoms with van der Waals surface area (Å²) in [6.07, 6.45) is 0.476. The molecular formula is C16H23NO6S. The third kappa shape index (κ3) is 3.92. The third-order valence-electron chi connectivity index (χ3n) is 4.08. The second kappa shape index (κ2) is 6.88.